The van der Waals surface area contributed by atoms with Crippen LogP contribution in [0.4, 0.5) is 17.6 Å². The SMILES string of the molecule is CC(N)c1ccnc(OCC(F)(F)C(F)F)c1. The summed E-state index contributed by atoms with van der Waals surface area (Å²) in [6, 6.07) is 2.60. The molecule has 0 radical (unpaired) electrons. The monoisotopic (exact) mass is 252 g/mol. The van der Waals surface area contributed by atoms with Gasteiger partial charge in [-0.3, -0.25) is 0 Å². The molecular weight excluding hydrogens is 240 g/mol. The van der Waals surface area contributed by atoms with Crippen LogP contribution in [-0.4, -0.2) is 23.9 Å². The van der Waals surface area contributed by atoms with Crippen LogP contribution in [0.15, 0.2) is 18.3 Å². The fraction of sp³-hybridized carbons (Fsp3) is 0.500. The number of pyridine rings is 1. The van der Waals surface area contributed by atoms with Gasteiger partial charge in [0.1, 0.15) is 0 Å². The van der Waals surface area contributed by atoms with Crippen molar-refractivity contribution in [2.75, 3.05) is 6.61 Å². The van der Waals surface area contributed by atoms with E-state index in [1.54, 1.807) is 13.0 Å². The lowest BCUT2D eigenvalue weighted by Gasteiger charge is -2.16. The van der Waals surface area contributed by atoms with Gasteiger partial charge in [0.25, 0.3) is 0 Å². The molecule has 0 amide bonds. The number of halogens is 4. The van der Waals surface area contributed by atoms with E-state index in [1.165, 1.54) is 12.3 Å². The number of nitrogens with two attached hydrogens (primary N) is 1. The highest BCUT2D eigenvalue weighted by atomic mass is 19.3. The highest BCUT2D eigenvalue weighted by Gasteiger charge is 2.41. The molecule has 0 aliphatic carbocycles. The second kappa shape index (κ2) is 5.31. The van der Waals surface area contributed by atoms with Gasteiger partial charge in [-0.05, 0) is 18.6 Å². The zero-order valence-corrected chi connectivity index (χ0v) is 9.04. The van der Waals surface area contributed by atoms with Crippen molar-refractivity contribution in [1.82, 2.24) is 4.98 Å². The number of rotatable bonds is 5. The fourth-order valence-corrected chi connectivity index (χ4v) is 1.02. The van der Waals surface area contributed by atoms with Crippen LogP contribution in [0.25, 0.3) is 0 Å². The molecule has 2 N–H and O–H groups in total. The Kier molecular flexibility index (Phi) is 4.28. The Bertz CT molecular complexity index is 371. The van der Waals surface area contributed by atoms with Crippen LogP contribution in [0, 0.1) is 0 Å². The van der Waals surface area contributed by atoms with E-state index >= 15 is 0 Å². The minimum Gasteiger partial charge on any atom is -0.471 e. The van der Waals surface area contributed by atoms with Gasteiger partial charge in [-0.25, -0.2) is 13.8 Å². The van der Waals surface area contributed by atoms with Crippen molar-refractivity contribution in [3.63, 3.8) is 0 Å². The number of alkyl halides is 4. The quantitative estimate of drug-likeness (QED) is 0.818. The van der Waals surface area contributed by atoms with Crippen molar-refractivity contribution in [2.45, 2.75) is 25.3 Å². The lowest BCUT2D eigenvalue weighted by atomic mass is 10.1. The molecular formula is C10H12F4N2O. The van der Waals surface area contributed by atoms with Gasteiger partial charge < -0.3 is 10.5 Å². The summed E-state index contributed by atoms with van der Waals surface area (Å²) in [5.41, 5.74) is 6.18. The van der Waals surface area contributed by atoms with Crippen LogP contribution in [-0.2, 0) is 0 Å². The highest BCUT2D eigenvalue weighted by molar-refractivity contribution is 5.22. The number of hydrogen-bond donors (Lipinski definition) is 1. The Hall–Kier alpha value is -1.37. The molecule has 1 heterocycles. The normalized spacial score (nSPS) is 13.8. The van der Waals surface area contributed by atoms with Crippen LogP contribution < -0.4 is 10.5 Å². The molecule has 1 aromatic rings. The van der Waals surface area contributed by atoms with Crippen molar-refractivity contribution in [1.29, 1.82) is 0 Å². The van der Waals surface area contributed by atoms with Crippen LogP contribution in [0.3, 0.4) is 0 Å². The van der Waals surface area contributed by atoms with Crippen LogP contribution in [0.2, 0.25) is 0 Å². The third-order valence-electron chi connectivity index (χ3n) is 2.02. The van der Waals surface area contributed by atoms with Crippen molar-refractivity contribution in [3.05, 3.63) is 23.9 Å². The Labute approximate surface area is 95.6 Å². The smallest absolute Gasteiger partial charge is 0.340 e. The van der Waals surface area contributed by atoms with Gasteiger partial charge >= 0.3 is 12.3 Å². The van der Waals surface area contributed by atoms with E-state index < -0.39 is 19.0 Å². The molecule has 1 aromatic heterocycles. The summed E-state index contributed by atoms with van der Waals surface area (Å²) in [5, 5.41) is 0. The molecule has 0 saturated carbocycles. The maximum Gasteiger partial charge on any atom is 0.340 e. The minimum atomic E-state index is -4.19. The van der Waals surface area contributed by atoms with E-state index in [4.69, 9.17) is 5.73 Å². The molecule has 17 heavy (non-hydrogen) atoms. The first kappa shape index (κ1) is 13.7. The van der Waals surface area contributed by atoms with Gasteiger partial charge in [0.2, 0.25) is 5.88 Å². The first-order chi connectivity index (χ1) is 7.83. The average molecular weight is 252 g/mol. The third kappa shape index (κ3) is 3.85. The molecule has 0 bridgehead atoms. The van der Waals surface area contributed by atoms with E-state index in [1.807, 2.05) is 0 Å². The second-order valence-electron chi connectivity index (χ2n) is 3.57. The first-order valence-corrected chi connectivity index (χ1v) is 4.83. The Morgan fingerprint density at radius 1 is 1.47 bits per heavy atom. The molecule has 1 atom stereocenters. The minimum absolute atomic E-state index is 0.153. The number of ether oxygens (including phenoxy) is 1. The molecule has 0 aliphatic rings. The van der Waals surface area contributed by atoms with Crippen molar-refractivity contribution >= 4 is 0 Å². The summed E-state index contributed by atoms with van der Waals surface area (Å²) in [6.45, 7) is 0.271. The largest absolute Gasteiger partial charge is 0.471 e. The van der Waals surface area contributed by atoms with E-state index in [0.717, 1.165) is 0 Å². The molecule has 96 valence electrons. The van der Waals surface area contributed by atoms with E-state index in [0.29, 0.717) is 5.56 Å². The van der Waals surface area contributed by atoms with E-state index in [2.05, 4.69) is 9.72 Å². The zero-order chi connectivity index (χ0) is 13.1. The summed E-state index contributed by atoms with van der Waals surface area (Å²) in [7, 11) is 0. The molecule has 7 heteroatoms. The molecule has 0 aromatic carbocycles. The van der Waals surface area contributed by atoms with Gasteiger partial charge in [-0.1, -0.05) is 0 Å². The van der Waals surface area contributed by atoms with Gasteiger partial charge in [0.15, 0.2) is 6.61 Å². The second-order valence-corrected chi connectivity index (χ2v) is 3.57. The van der Waals surface area contributed by atoms with Gasteiger partial charge in [0.05, 0.1) is 0 Å². The topological polar surface area (TPSA) is 48.1 Å². The van der Waals surface area contributed by atoms with Crippen LogP contribution in [0.5, 0.6) is 5.88 Å². The predicted molar refractivity (Wildman–Crippen MR) is 53.3 cm³/mol. The number of hydrogen-bond acceptors (Lipinski definition) is 3. The van der Waals surface area contributed by atoms with Crippen molar-refractivity contribution in [2.24, 2.45) is 5.73 Å². The molecule has 1 unspecified atom stereocenters. The van der Waals surface area contributed by atoms with E-state index in [-0.39, 0.29) is 11.9 Å². The van der Waals surface area contributed by atoms with Gasteiger partial charge in [-0.2, -0.15) is 8.78 Å². The molecule has 1 rings (SSSR count). The molecule has 0 spiro atoms. The standard InChI is InChI=1S/C10H12F4N2O/c1-6(15)7-2-3-16-8(4-7)17-5-10(13,14)9(11)12/h2-4,6,9H,5,15H2,1H3. The number of aromatic nitrogens is 1. The van der Waals surface area contributed by atoms with E-state index in [9.17, 15) is 17.6 Å². The Balaban J connectivity index is 2.67. The zero-order valence-electron chi connectivity index (χ0n) is 9.04. The van der Waals surface area contributed by atoms with Crippen LogP contribution in [0.1, 0.15) is 18.5 Å². The van der Waals surface area contributed by atoms with Crippen LogP contribution >= 0.6 is 0 Å². The maximum absolute atomic E-state index is 12.6. The third-order valence-corrected chi connectivity index (χ3v) is 2.02. The van der Waals surface area contributed by atoms with Gasteiger partial charge in [-0.15, -0.1) is 0 Å². The average Bonchev–Trinajstić information content (AvgIpc) is 2.26. The first-order valence-electron chi connectivity index (χ1n) is 4.83. The molecule has 0 saturated heterocycles. The molecule has 0 fully saturated rings. The van der Waals surface area contributed by atoms with Crippen molar-refractivity contribution in [3.8, 4) is 5.88 Å². The molecule has 3 nitrogen and oxygen atoms in total. The lowest BCUT2D eigenvalue weighted by molar-refractivity contribution is -0.148. The van der Waals surface area contributed by atoms with Crippen molar-refractivity contribution < 1.29 is 22.3 Å². The summed E-state index contributed by atoms with van der Waals surface area (Å²) in [4.78, 5) is 3.63. The summed E-state index contributed by atoms with van der Waals surface area (Å²) < 4.78 is 53.4. The summed E-state index contributed by atoms with van der Waals surface area (Å²) in [5.74, 6) is -4.34. The molecule has 0 aliphatic heterocycles. The summed E-state index contributed by atoms with van der Waals surface area (Å²) in [6.07, 6.45) is -2.45. The fourth-order valence-electron chi connectivity index (χ4n) is 1.02. The maximum atomic E-state index is 12.6. The Morgan fingerprint density at radius 2 is 2.12 bits per heavy atom. The summed E-state index contributed by atoms with van der Waals surface area (Å²) >= 11 is 0. The highest BCUT2D eigenvalue weighted by Crippen LogP contribution is 2.24. The lowest BCUT2D eigenvalue weighted by Crippen LogP contribution is -2.33. The number of nitrogens with zero attached hydrogens (tertiary/aromatic N) is 1. The predicted octanol–water partition coefficient (Wildman–Crippen LogP) is 2.38. The van der Waals surface area contributed by atoms with Gasteiger partial charge in [0, 0.05) is 18.3 Å². The Morgan fingerprint density at radius 3 is 2.65 bits per heavy atom.